The van der Waals surface area contributed by atoms with Crippen LogP contribution in [0.5, 0.6) is 11.5 Å². The largest absolute Gasteiger partial charge is 0.495 e. The van der Waals surface area contributed by atoms with Crippen LogP contribution in [0.4, 0.5) is 0 Å². The molecule has 2 atom stereocenters. The standard InChI is InChI=1S/C16H14BrClO3/c1-20-15-4-2-9(6-12(15)18)16-8-13(19)11-7-10(17)3-5-14(11)21-16/h2-7,13,16,19H,8H2,1H3/t13-,16?/m0/s1. The number of aliphatic hydroxyl groups is 1. The number of methoxy groups -OCH3 is 1. The van der Waals surface area contributed by atoms with Crippen molar-refractivity contribution in [3.8, 4) is 11.5 Å². The summed E-state index contributed by atoms with van der Waals surface area (Å²) in [5.74, 6) is 1.33. The monoisotopic (exact) mass is 368 g/mol. The molecule has 1 aliphatic rings. The van der Waals surface area contributed by atoms with Crippen LogP contribution in [0.25, 0.3) is 0 Å². The van der Waals surface area contributed by atoms with E-state index in [2.05, 4.69) is 15.9 Å². The highest BCUT2D eigenvalue weighted by molar-refractivity contribution is 9.10. The van der Waals surface area contributed by atoms with E-state index >= 15 is 0 Å². The van der Waals surface area contributed by atoms with Gasteiger partial charge < -0.3 is 14.6 Å². The average molecular weight is 370 g/mol. The molecule has 2 aromatic rings. The summed E-state index contributed by atoms with van der Waals surface area (Å²) < 4.78 is 12.1. The van der Waals surface area contributed by atoms with Gasteiger partial charge in [-0.05, 0) is 35.9 Å². The third kappa shape index (κ3) is 2.89. The Bertz CT molecular complexity index is 675. The lowest BCUT2D eigenvalue weighted by Crippen LogP contribution is -2.19. The summed E-state index contributed by atoms with van der Waals surface area (Å²) in [4.78, 5) is 0. The van der Waals surface area contributed by atoms with E-state index in [0.29, 0.717) is 22.9 Å². The number of fused-ring (bicyclic) bond motifs is 1. The summed E-state index contributed by atoms with van der Waals surface area (Å²) >= 11 is 9.56. The maximum atomic E-state index is 10.3. The maximum absolute atomic E-state index is 10.3. The van der Waals surface area contributed by atoms with Gasteiger partial charge in [0.1, 0.15) is 17.6 Å². The molecule has 1 heterocycles. The van der Waals surface area contributed by atoms with Crippen LogP contribution in [-0.2, 0) is 0 Å². The van der Waals surface area contributed by atoms with Crippen LogP contribution in [0.1, 0.15) is 29.8 Å². The molecule has 0 saturated heterocycles. The molecule has 0 saturated carbocycles. The van der Waals surface area contributed by atoms with Crippen molar-refractivity contribution in [1.29, 1.82) is 0 Å². The molecule has 0 spiro atoms. The fraction of sp³-hybridized carbons (Fsp3) is 0.250. The Morgan fingerprint density at radius 2 is 2.10 bits per heavy atom. The van der Waals surface area contributed by atoms with Crippen molar-refractivity contribution < 1.29 is 14.6 Å². The zero-order valence-electron chi connectivity index (χ0n) is 11.3. The predicted molar refractivity (Wildman–Crippen MR) is 85.1 cm³/mol. The second-order valence-electron chi connectivity index (χ2n) is 4.93. The molecular weight excluding hydrogens is 356 g/mol. The molecule has 5 heteroatoms. The molecule has 0 radical (unpaired) electrons. The van der Waals surface area contributed by atoms with Crippen LogP contribution in [-0.4, -0.2) is 12.2 Å². The molecule has 21 heavy (non-hydrogen) atoms. The minimum Gasteiger partial charge on any atom is -0.495 e. The number of benzene rings is 2. The summed E-state index contributed by atoms with van der Waals surface area (Å²) in [6, 6.07) is 11.2. The molecule has 1 N–H and O–H groups in total. The first kappa shape index (κ1) is 14.7. The highest BCUT2D eigenvalue weighted by atomic mass is 79.9. The van der Waals surface area contributed by atoms with E-state index in [1.807, 2.05) is 36.4 Å². The fourth-order valence-electron chi connectivity index (χ4n) is 2.51. The number of halogens is 2. The van der Waals surface area contributed by atoms with Gasteiger partial charge in [-0.1, -0.05) is 33.6 Å². The van der Waals surface area contributed by atoms with Gasteiger partial charge in [0.2, 0.25) is 0 Å². The third-order valence-electron chi connectivity index (χ3n) is 3.59. The van der Waals surface area contributed by atoms with Gasteiger partial charge >= 0.3 is 0 Å². The Labute approximate surface area is 136 Å². The fourth-order valence-corrected chi connectivity index (χ4v) is 3.15. The Morgan fingerprint density at radius 3 is 2.81 bits per heavy atom. The minimum absolute atomic E-state index is 0.225. The zero-order valence-corrected chi connectivity index (χ0v) is 13.7. The predicted octanol–water partition coefficient (Wildman–Crippen LogP) is 4.67. The van der Waals surface area contributed by atoms with E-state index in [0.717, 1.165) is 15.6 Å². The van der Waals surface area contributed by atoms with Gasteiger partial charge in [-0.2, -0.15) is 0 Å². The molecule has 1 unspecified atom stereocenters. The highest BCUT2D eigenvalue weighted by Crippen LogP contribution is 2.42. The molecule has 3 nitrogen and oxygen atoms in total. The highest BCUT2D eigenvalue weighted by Gasteiger charge is 2.28. The van der Waals surface area contributed by atoms with E-state index < -0.39 is 6.10 Å². The Balaban J connectivity index is 1.92. The Kier molecular flexibility index (Phi) is 4.11. The van der Waals surface area contributed by atoms with Gasteiger partial charge in [-0.25, -0.2) is 0 Å². The van der Waals surface area contributed by atoms with Gasteiger partial charge in [-0.15, -0.1) is 0 Å². The van der Waals surface area contributed by atoms with Crippen LogP contribution in [0.3, 0.4) is 0 Å². The molecule has 0 amide bonds. The summed E-state index contributed by atoms with van der Waals surface area (Å²) in [7, 11) is 1.58. The molecule has 0 aromatic heterocycles. The SMILES string of the molecule is COc1ccc(C2C[C@H](O)c3cc(Br)ccc3O2)cc1Cl. The summed E-state index contributed by atoms with van der Waals surface area (Å²) in [6.07, 6.45) is -0.291. The number of ether oxygens (including phenoxy) is 2. The van der Waals surface area contributed by atoms with Crippen molar-refractivity contribution in [2.45, 2.75) is 18.6 Å². The second-order valence-corrected chi connectivity index (χ2v) is 6.26. The van der Waals surface area contributed by atoms with E-state index in [1.54, 1.807) is 7.11 Å². The molecule has 0 aliphatic carbocycles. The van der Waals surface area contributed by atoms with Crippen molar-refractivity contribution in [2.75, 3.05) is 7.11 Å². The lowest BCUT2D eigenvalue weighted by molar-refractivity contribution is 0.0656. The van der Waals surface area contributed by atoms with E-state index in [9.17, 15) is 5.11 Å². The molecule has 3 rings (SSSR count). The van der Waals surface area contributed by atoms with Gasteiger partial charge in [0, 0.05) is 16.5 Å². The van der Waals surface area contributed by atoms with Crippen LogP contribution < -0.4 is 9.47 Å². The van der Waals surface area contributed by atoms with Crippen LogP contribution >= 0.6 is 27.5 Å². The molecule has 1 aliphatic heterocycles. The zero-order chi connectivity index (χ0) is 15.0. The Morgan fingerprint density at radius 1 is 1.29 bits per heavy atom. The van der Waals surface area contributed by atoms with Gasteiger partial charge in [-0.3, -0.25) is 0 Å². The smallest absolute Gasteiger partial charge is 0.137 e. The lowest BCUT2D eigenvalue weighted by atomic mass is 9.95. The summed E-state index contributed by atoms with van der Waals surface area (Å²) in [5.41, 5.74) is 1.73. The van der Waals surface area contributed by atoms with Gasteiger partial charge in [0.15, 0.2) is 0 Å². The van der Waals surface area contributed by atoms with Gasteiger partial charge in [0.05, 0.1) is 18.2 Å². The number of aliphatic hydroxyl groups excluding tert-OH is 1. The second kappa shape index (κ2) is 5.87. The van der Waals surface area contributed by atoms with Crippen LogP contribution in [0.2, 0.25) is 5.02 Å². The number of hydrogen-bond acceptors (Lipinski definition) is 3. The summed E-state index contributed by atoms with van der Waals surface area (Å²) in [6.45, 7) is 0. The molecule has 0 fully saturated rings. The van der Waals surface area contributed by atoms with Crippen LogP contribution in [0, 0.1) is 0 Å². The Hall–Kier alpha value is -1.23. The molecular formula is C16H14BrClO3. The summed E-state index contributed by atoms with van der Waals surface area (Å²) in [5, 5.41) is 10.9. The molecule has 0 bridgehead atoms. The lowest BCUT2D eigenvalue weighted by Gasteiger charge is -2.30. The van der Waals surface area contributed by atoms with Crippen LogP contribution in [0.15, 0.2) is 40.9 Å². The first-order valence-corrected chi connectivity index (χ1v) is 7.73. The number of hydrogen-bond donors (Lipinski definition) is 1. The van der Waals surface area contributed by atoms with Gasteiger partial charge in [0.25, 0.3) is 0 Å². The topological polar surface area (TPSA) is 38.7 Å². The maximum Gasteiger partial charge on any atom is 0.137 e. The van der Waals surface area contributed by atoms with Crippen molar-refractivity contribution in [1.82, 2.24) is 0 Å². The van der Waals surface area contributed by atoms with E-state index in [1.165, 1.54) is 0 Å². The quantitative estimate of drug-likeness (QED) is 0.836. The van der Waals surface area contributed by atoms with Crippen molar-refractivity contribution in [3.63, 3.8) is 0 Å². The first-order valence-electron chi connectivity index (χ1n) is 6.56. The third-order valence-corrected chi connectivity index (χ3v) is 4.37. The van der Waals surface area contributed by atoms with E-state index in [4.69, 9.17) is 21.1 Å². The van der Waals surface area contributed by atoms with Crippen molar-refractivity contribution in [3.05, 3.63) is 57.0 Å². The minimum atomic E-state index is -0.558. The van der Waals surface area contributed by atoms with E-state index in [-0.39, 0.29) is 6.10 Å². The normalized spacial score (nSPS) is 20.6. The van der Waals surface area contributed by atoms with Crippen molar-refractivity contribution >= 4 is 27.5 Å². The number of rotatable bonds is 2. The van der Waals surface area contributed by atoms with Crippen molar-refractivity contribution in [2.24, 2.45) is 0 Å². The first-order chi connectivity index (χ1) is 10.1. The average Bonchev–Trinajstić information content (AvgIpc) is 2.47. The molecule has 2 aromatic carbocycles. The molecule has 110 valence electrons.